The summed E-state index contributed by atoms with van der Waals surface area (Å²) >= 11 is 0. The van der Waals surface area contributed by atoms with Gasteiger partial charge in [0.25, 0.3) is 5.69 Å². The van der Waals surface area contributed by atoms with E-state index in [0.29, 0.717) is 5.56 Å². The molecule has 2 rings (SSSR count). The third kappa shape index (κ3) is 3.01. The molecule has 0 atom stereocenters. The number of rotatable bonds is 3. The second kappa shape index (κ2) is 5.39. The van der Waals surface area contributed by atoms with Crippen molar-refractivity contribution in [3.05, 3.63) is 75.3 Å². The molecule has 96 valence electrons. The molecule has 0 saturated carbocycles. The summed E-state index contributed by atoms with van der Waals surface area (Å²) in [7, 11) is 0. The molecule has 0 heterocycles. The number of benzene rings is 2. The Kier molecular flexibility index (Phi) is 3.66. The molecule has 0 aromatic heterocycles. The second-order valence-electron chi connectivity index (χ2n) is 3.82. The van der Waals surface area contributed by atoms with Gasteiger partial charge in [0.15, 0.2) is 0 Å². The fraction of sp³-hybridized carbons (Fsp3) is 0. The monoisotopic (exact) mass is 261 g/mol. The van der Waals surface area contributed by atoms with Gasteiger partial charge in [-0.3, -0.25) is 10.1 Å². The van der Waals surface area contributed by atoms with Crippen molar-refractivity contribution in [2.45, 2.75) is 0 Å². The zero-order chi connectivity index (χ0) is 13.8. The molecule has 0 N–H and O–H groups in total. The van der Waals surface area contributed by atoms with Crippen LogP contribution in [0.4, 0.5) is 14.5 Å². The molecule has 0 aliphatic heterocycles. The summed E-state index contributed by atoms with van der Waals surface area (Å²) in [5.41, 5.74) is 0.448. The Morgan fingerprint density at radius 1 is 0.947 bits per heavy atom. The van der Waals surface area contributed by atoms with Crippen LogP contribution in [0.1, 0.15) is 11.1 Å². The standard InChI is InChI=1S/C14H9F2NO2/c15-13-2-1-3-14(16)12(13)9-6-10-4-7-11(8-5-10)17(18)19/h1-9H. The molecule has 0 bridgehead atoms. The minimum Gasteiger partial charge on any atom is -0.258 e. The van der Waals surface area contributed by atoms with Crippen molar-refractivity contribution in [2.24, 2.45) is 0 Å². The van der Waals surface area contributed by atoms with Crippen LogP contribution in [0.5, 0.6) is 0 Å². The SMILES string of the molecule is O=[N+]([O-])c1ccc(C=Cc2c(F)cccc2F)cc1. The minimum atomic E-state index is -0.654. The van der Waals surface area contributed by atoms with Crippen LogP contribution >= 0.6 is 0 Å². The Morgan fingerprint density at radius 2 is 1.53 bits per heavy atom. The van der Waals surface area contributed by atoms with Crippen LogP contribution in [0.15, 0.2) is 42.5 Å². The van der Waals surface area contributed by atoms with Crippen molar-refractivity contribution >= 4 is 17.8 Å². The maximum absolute atomic E-state index is 13.3. The zero-order valence-corrected chi connectivity index (χ0v) is 9.72. The van der Waals surface area contributed by atoms with Crippen LogP contribution in [0.3, 0.4) is 0 Å². The summed E-state index contributed by atoms with van der Waals surface area (Å²) in [5.74, 6) is -1.31. The lowest BCUT2D eigenvalue weighted by atomic mass is 10.1. The third-order valence-electron chi connectivity index (χ3n) is 2.55. The Balaban J connectivity index is 2.25. The molecule has 0 spiro atoms. The first-order valence-electron chi connectivity index (χ1n) is 5.44. The van der Waals surface area contributed by atoms with Crippen molar-refractivity contribution in [1.29, 1.82) is 0 Å². The first-order chi connectivity index (χ1) is 9.08. The predicted molar refractivity (Wildman–Crippen MR) is 68.4 cm³/mol. The van der Waals surface area contributed by atoms with E-state index >= 15 is 0 Å². The number of nitrogens with zero attached hydrogens (tertiary/aromatic N) is 1. The highest BCUT2D eigenvalue weighted by molar-refractivity contribution is 5.70. The number of halogens is 2. The second-order valence-corrected chi connectivity index (χ2v) is 3.82. The molecule has 0 aliphatic rings. The maximum atomic E-state index is 13.3. The van der Waals surface area contributed by atoms with Gasteiger partial charge in [-0.1, -0.05) is 12.1 Å². The van der Waals surface area contributed by atoms with Gasteiger partial charge in [-0.25, -0.2) is 8.78 Å². The fourth-order valence-electron chi connectivity index (χ4n) is 1.56. The Morgan fingerprint density at radius 3 is 2.05 bits per heavy atom. The first kappa shape index (κ1) is 12.9. The lowest BCUT2D eigenvalue weighted by Crippen LogP contribution is -1.88. The summed E-state index contributed by atoms with van der Waals surface area (Å²) < 4.78 is 26.7. The number of nitro groups is 1. The maximum Gasteiger partial charge on any atom is 0.269 e. The lowest BCUT2D eigenvalue weighted by Gasteiger charge is -1.98. The summed E-state index contributed by atoms with van der Waals surface area (Å²) in [6.07, 6.45) is 2.79. The average Bonchev–Trinajstić information content (AvgIpc) is 2.38. The van der Waals surface area contributed by atoms with E-state index in [0.717, 1.165) is 0 Å². The summed E-state index contributed by atoms with van der Waals surface area (Å²) in [5, 5.41) is 10.5. The number of non-ortho nitro benzene ring substituents is 1. The summed E-state index contributed by atoms with van der Waals surface area (Å²) in [6.45, 7) is 0. The zero-order valence-electron chi connectivity index (χ0n) is 9.72. The molecule has 0 unspecified atom stereocenters. The third-order valence-corrected chi connectivity index (χ3v) is 2.55. The van der Waals surface area contributed by atoms with Gasteiger partial charge in [0.2, 0.25) is 0 Å². The van der Waals surface area contributed by atoms with Crippen LogP contribution in [0.2, 0.25) is 0 Å². The van der Waals surface area contributed by atoms with Gasteiger partial charge in [0.1, 0.15) is 11.6 Å². The molecule has 0 saturated heterocycles. The average molecular weight is 261 g/mol. The summed E-state index contributed by atoms with van der Waals surface area (Å²) in [4.78, 5) is 9.96. The molecule has 0 radical (unpaired) electrons. The molecule has 5 heteroatoms. The molecule has 0 aliphatic carbocycles. The van der Waals surface area contributed by atoms with Crippen molar-refractivity contribution in [3.8, 4) is 0 Å². The topological polar surface area (TPSA) is 43.1 Å². The van der Waals surface area contributed by atoms with E-state index in [1.54, 1.807) is 0 Å². The van der Waals surface area contributed by atoms with E-state index in [1.165, 1.54) is 54.6 Å². The first-order valence-corrected chi connectivity index (χ1v) is 5.44. The van der Waals surface area contributed by atoms with Gasteiger partial charge in [-0.05, 0) is 35.9 Å². The van der Waals surface area contributed by atoms with Gasteiger partial charge in [0, 0.05) is 17.7 Å². The van der Waals surface area contributed by atoms with E-state index < -0.39 is 16.6 Å². The Hall–Kier alpha value is -2.56. The van der Waals surface area contributed by atoms with Crippen molar-refractivity contribution < 1.29 is 13.7 Å². The van der Waals surface area contributed by atoms with Crippen molar-refractivity contribution in [1.82, 2.24) is 0 Å². The molecule has 0 fully saturated rings. The van der Waals surface area contributed by atoms with Gasteiger partial charge in [0.05, 0.1) is 4.92 Å². The van der Waals surface area contributed by atoms with Crippen LogP contribution < -0.4 is 0 Å². The lowest BCUT2D eigenvalue weighted by molar-refractivity contribution is -0.384. The molecule has 19 heavy (non-hydrogen) atoms. The highest BCUT2D eigenvalue weighted by Gasteiger charge is 2.05. The highest BCUT2D eigenvalue weighted by atomic mass is 19.1. The molecule has 2 aromatic carbocycles. The Labute approximate surface area is 108 Å². The molecule has 0 amide bonds. The Bertz CT molecular complexity index is 616. The van der Waals surface area contributed by atoms with E-state index in [-0.39, 0.29) is 11.3 Å². The normalized spacial score (nSPS) is 10.8. The highest BCUT2D eigenvalue weighted by Crippen LogP contribution is 2.17. The smallest absolute Gasteiger partial charge is 0.258 e. The van der Waals surface area contributed by atoms with Gasteiger partial charge in [-0.2, -0.15) is 0 Å². The molecular weight excluding hydrogens is 252 g/mol. The van der Waals surface area contributed by atoms with Gasteiger partial charge < -0.3 is 0 Å². The molecule has 2 aromatic rings. The van der Waals surface area contributed by atoms with Crippen molar-refractivity contribution in [2.75, 3.05) is 0 Å². The summed E-state index contributed by atoms with van der Waals surface area (Å²) in [6, 6.07) is 9.29. The predicted octanol–water partition coefficient (Wildman–Crippen LogP) is 4.04. The number of hydrogen-bond acceptors (Lipinski definition) is 2. The minimum absolute atomic E-state index is 0.0331. The van der Waals surface area contributed by atoms with Crippen molar-refractivity contribution in [3.63, 3.8) is 0 Å². The van der Waals surface area contributed by atoms with Crippen LogP contribution in [0.25, 0.3) is 12.2 Å². The van der Waals surface area contributed by atoms with Crippen LogP contribution in [-0.2, 0) is 0 Å². The quantitative estimate of drug-likeness (QED) is 0.475. The van der Waals surface area contributed by atoms with E-state index in [4.69, 9.17) is 0 Å². The number of hydrogen-bond donors (Lipinski definition) is 0. The molecular formula is C14H9F2NO2. The molecule has 3 nitrogen and oxygen atoms in total. The van der Waals surface area contributed by atoms with E-state index in [1.807, 2.05) is 0 Å². The van der Waals surface area contributed by atoms with Crippen LogP contribution in [0, 0.1) is 21.7 Å². The number of nitro benzene ring substituents is 1. The largest absolute Gasteiger partial charge is 0.269 e. The van der Waals surface area contributed by atoms with E-state index in [2.05, 4.69) is 0 Å². The van der Waals surface area contributed by atoms with Gasteiger partial charge in [-0.15, -0.1) is 0 Å². The van der Waals surface area contributed by atoms with E-state index in [9.17, 15) is 18.9 Å². The fourth-order valence-corrected chi connectivity index (χ4v) is 1.56. The van der Waals surface area contributed by atoms with Gasteiger partial charge >= 0.3 is 0 Å². The van der Waals surface area contributed by atoms with Crippen LogP contribution in [-0.4, -0.2) is 4.92 Å².